The molecule has 3 aromatic rings. The molecule has 7 nitrogen and oxygen atoms in total. The first-order valence-electron chi connectivity index (χ1n) is 12.5. The number of esters is 1. The maximum Gasteiger partial charge on any atom is 0.344 e. The van der Waals surface area contributed by atoms with Gasteiger partial charge in [0.1, 0.15) is 23.0 Å². The Morgan fingerprint density at radius 1 is 1.07 bits per heavy atom. The number of hydrogen-bond acceptors (Lipinski definition) is 7. The summed E-state index contributed by atoms with van der Waals surface area (Å²) in [5.41, 5.74) is 3.86. The van der Waals surface area contributed by atoms with E-state index in [1.54, 1.807) is 51.3 Å². The van der Waals surface area contributed by atoms with E-state index in [0.29, 0.717) is 38.6 Å². The highest BCUT2D eigenvalue weighted by atomic mass is 79.9. The summed E-state index contributed by atoms with van der Waals surface area (Å²) in [6.45, 7) is 5.95. The number of aryl methyl sites for hydroxylation is 2. The number of rotatable bonds is 8. The van der Waals surface area contributed by atoms with E-state index < -0.39 is 11.9 Å². The van der Waals surface area contributed by atoms with Crippen LogP contribution in [-0.2, 0) is 16.1 Å². The van der Waals surface area contributed by atoms with Crippen LogP contribution in [-0.4, -0.2) is 35.7 Å². The molecular formula is C31H28BrNO6S. The summed E-state index contributed by atoms with van der Waals surface area (Å²) in [5, 5.41) is 11.1. The first-order valence-corrected chi connectivity index (χ1v) is 14.1. The van der Waals surface area contributed by atoms with Crippen LogP contribution in [0.5, 0.6) is 11.5 Å². The fourth-order valence-electron chi connectivity index (χ4n) is 3.91. The average molecular weight is 623 g/mol. The third-order valence-electron chi connectivity index (χ3n) is 6.00. The van der Waals surface area contributed by atoms with Gasteiger partial charge in [-0.25, -0.2) is 9.79 Å². The quantitative estimate of drug-likeness (QED) is 0.263. The number of ether oxygens (including phenoxy) is 3. The van der Waals surface area contributed by atoms with Gasteiger partial charge in [-0.3, -0.25) is 4.79 Å². The summed E-state index contributed by atoms with van der Waals surface area (Å²) >= 11 is 4.58. The fraction of sp³-hybridized carbons (Fsp3) is 0.194. The summed E-state index contributed by atoms with van der Waals surface area (Å²) in [7, 11) is 1.54. The molecule has 1 N–H and O–H groups in total. The molecule has 0 aliphatic carbocycles. The standard InChI is InChI=1S/C31H28BrNO6S/c1-5-38-31(36)26-27(34)25(40-30(26)33-29(35)22-9-7-6-8-19(22)3)16-21-14-23(32)28(24(15-21)37-4)39-17-20-12-10-18(2)11-13-20/h6-16,34H,5,17H2,1-4H3/b25-16-,33-30?. The minimum Gasteiger partial charge on any atom is -0.506 e. The summed E-state index contributed by atoms with van der Waals surface area (Å²) in [5.74, 6) is -0.576. The van der Waals surface area contributed by atoms with Crippen LogP contribution < -0.4 is 9.47 Å². The van der Waals surface area contributed by atoms with E-state index in [4.69, 9.17) is 14.2 Å². The lowest BCUT2D eigenvalue weighted by molar-refractivity contribution is -0.138. The first-order chi connectivity index (χ1) is 19.2. The summed E-state index contributed by atoms with van der Waals surface area (Å²) in [4.78, 5) is 30.2. The molecule has 206 valence electrons. The van der Waals surface area contributed by atoms with Gasteiger partial charge in [0.15, 0.2) is 11.5 Å². The number of carbonyl (C=O) groups excluding carboxylic acids is 2. The predicted molar refractivity (Wildman–Crippen MR) is 161 cm³/mol. The second-order valence-electron chi connectivity index (χ2n) is 8.90. The number of aliphatic hydroxyl groups is 1. The molecule has 0 saturated carbocycles. The summed E-state index contributed by atoms with van der Waals surface area (Å²) < 4.78 is 17.4. The van der Waals surface area contributed by atoms with Crippen LogP contribution in [0.25, 0.3) is 6.08 Å². The van der Waals surface area contributed by atoms with E-state index in [1.165, 1.54) is 5.56 Å². The molecule has 1 aliphatic rings. The zero-order chi connectivity index (χ0) is 28.8. The lowest BCUT2D eigenvalue weighted by Gasteiger charge is -2.14. The maximum absolute atomic E-state index is 13.0. The summed E-state index contributed by atoms with van der Waals surface area (Å²) in [6.07, 6.45) is 1.68. The second kappa shape index (κ2) is 13.0. The molecule has 4 rings (SSSR count). The first kappa shape index (κ1) is 29.2. The zero-order valence-electron chi connectivity index (χ0n) is 22.5. The van der Waals surface area contributed by atoms with Crippen molar-refractivity contribution in [1.29, 1.82) is 0 Å². The summed E-state index contributed by atoms with van der Waals surface area (Å²) in [6, 6.07) is 18.7. The van der Waals surface area contributed by atoms with Crippen molar-refractivity contribution in [3.63, 3.8) is 0 Å². The van der Waals surface area contributed by atoms with Gasteiger partial charge in [0.05, 0.1) is 23.1 Å². The van der Waals surface area contributed by atoms with Gasteiger partial charge in [-0.15, -0.1) is 0 Å². The molecule has 1 amide bonds. The molecule has 9 heteroatoms. The Labute approximate surface area is 245 Å². The smallest absolute Gasteiger partial charge is 0.344 e. The number of nitrogens with zero attached hydrogens (tertiary/aromatic N) is 1. The Kier molecular flexibility index (Phi) is 9.50. The molecule has 1 aliphatic heterocycles. The van der Waals surface area contributed by atoms with Gasteiger partial charge in [-0.2, -0.15) is 0 Å². The highest BCUT2D eigenvalue weighted by Gasteiger charge is 2.34. The monoisotopic (exact) mass is 621 g/mol. The number of hydrogen-bond donors (Lipinski definition) is 1. The topological polar surface area (TPSA) is 94.4 Å². The highest BCUT2D eigenvalue weighted by molar-refractivity contribution is 9.10. The predicted octanol–water partition coefficient (Wildman–Crippen LogP) is 7.36. The number of amides is 1. The van der Waals surface area contributed by atoms with E-state index in [9.17, 15) is 14.7 Å². The van der Waals surface area contributed by atoms with Crippen molar-refractivity contribution in [1.82, 2.24) is 0 Å². The van der Waals surface area contributed by atoms with Gasteiger partial charge < -0.3 is 19.3 Å². The van der Waals surface area contributed by atoms with E-state index in [0.717, 1.165) is 22.9 Å². The van der Waals surface area contributed by atoms with Crippen LogP contribution in [0.4, 0.5) is 0 Å². The van der Waals surface area contributed by atoms with Gasteiger partial charge in [-0.1, -0.05) is 59.8 Å². The number of aliphatic hydroxyl groups excluding tert-OH is 1. The fourth-order valence-corrected chi connectivity index (χ4v) is 5.50. The number of carbonyl (C=O) groups is 2. The molecule has 0 saturated heterocycles. The van der Waals surface area contributed by atoms with E-state index in [2.05, 4.69) is 20.9 Å². The molecule has 40 heavy (non-hydrogen) atoms. The van der Waals surface area contributed by atoms with Crippen molar-refractivity contribution in [2.45, 2.75) is 27.4 Å². The van der Waals surface area contributed by atoms with Crippen molar-refractivity contribution >= 4 is 50.7 Å². The van der Waals surface area contributed by atoms with E-state index in [1.807, 2.05) is 43.3 Å². The van der Waals surface area contributed by atoms with Gasteiger partial charge in [0.2, 0.25) is 0 Å². The molecular weight excluding hydrogens is 594 g/mol. The third kappa shape index (κ3) is 6.66. The molecule has 0 fully saturated rings. The molecule has 0 radical (unpaired) electrons. The van der Waals surface area contributed by atoms with Crippen molar-refractivity contribution in [3.05, 3.63) is 109 Å². The highest BCUT2D eigenvalue weighted by Crippen LogP contribution is 2.42. The number of methoxy groups -OCH3 is 1. The Hall–Kier alpha value is -3.82. The van der Waals surface area contributed by atoms with E-state index >= 15 is 0 Å². The van der Waals surface area contributed by atoms with Crippen LogP contribution in [0.1, 0.15) is 39.5 Å². The molecule has 0 bridgehead atoms. The van der Waals surface area contributed by atoms with Crippen LogP contribution in [0, 0.1) is 13.8 Å². The molecule has 0 atom stereocenters. The van der Waals surface area contributed by atoms with Crippen molar-refractivity contribution in [3.8, 4) is 11.5 Å². The molecule has 0 spiro atoms. The van der Waals surface area contributed by atoms with Gasteiger partial charge in [0, 0.05) is 5.56 Å². The minimum absolute atomic E-state index is 0.0690. The van der Waals surface area contributed by atoms with Crippen LogP contribution in [0.3, 0.4) is 0 Å². The number of thioether (sulfide) groups is 1. The number of aliphatic imine (C=N–C) groups is 1. The third-order valence-corrected chi connectivity index (χ3v) is 7.61. The van der Waals surface area contributed by atoms with Gasteiger partial charge >= 0.3 is 5.97 Å². The maximum atomic E-state index is 13.0. The SMILES string of the molecule is CCOC(=O)C1=C(O)/C(=C/c2cc(Br)c(OCc3ccc(C)cc3)c(OC)c2)SC1=NC(=O)c1ccccc1C. The molecule has 0 aromatic heterocycles. The lowest BCUT2D eigenvalue weighted by Crippen LogP contribution is -2.14. The van der Waals surface area contributed by atoms with Crippen molar-refractivity contribution in [2.24, 2.45) is 4.99 Å². The second-order valence-corrected chi connectivity index (χ2v) is 10.8. The molecule has 1 heterocycles. The van der Waals surface area contributed by atoms with Gasteiger partial charge in [-0.05, 0) is 77.7 Å². The Morgan fingerprint density at radius 3 is 2.48 bits per heavy atom. The molecule has 3 aromatic carbocycles. The van der Waals surface area contributed by atoms with Crippen molar-refractivity contribution < 1.29 is 28.9 Å². The lowest BCUT2D eigenvalue weighted by atomic mass is 10.1. The Balaban J connectivity index is 1.66. The largest absolute Gasteiger partial charge is 0.506 e. The van der Waals surface area contributed by atoms with Crippen molar-refractivity contribution in [2.75, 3.05) is 13.7 Å². The Bertz CT molecular complexity index is 1540. The van der Waals surface area contributed by atoms with Crippen LogP contribution in [0.2, 0.25) is 0 Å². The normalized spacial score (nSPS) is 15.0. The van der Waals surface area contributed by atoms with Crippen LogP contribution in [0.15, 0.2) is 86.4 Å². The number of benzene rings is 3. The van der Waals surface area contributed by atoms with Crippen LogP contribution >= 0.6 is 27.7 Å². The number of halogens is 1. The van der Waals surface area contributed by atoms with Gasteiger partial charge in [0.25, 0.3) is 5.91 Å². The van der Waals surface area contributed by atoms with E-state index in [-0.39, 0.29) is 23.0 Å². The minimum atomic E-state index is -0.758. The Morgan fingerprint density at radius 2 is 1.80 bits per heavy atom. The molecule has 0 unspecified atom stereocenters. The average Bonchev–Trinajstić information content (AvgIpc) is 3.22. The zero-order valence-corrected chi connectivity index (χ0v) is 24.9.